The molecule has 134 valence electrons. The molecule has 2 atom stereocenters. The van der Waals surface area contributed by atoms with E-state index in [1.807, 2.05) is 44.4 Å². The quantitative estimate of drug-likeness (QED) is 0.798. The maximum absolute atomic E-state index is 12.8. The van der Waals surface area contributed by atoms with Crippen molar-refractivity contribution in [3.63, 3.8) is 0 Å². The second kappa shape index (κ2) is 7.87. The van der Waals surface area contributed by atoms with Crippen LogP contribution in [-0.2, 0) is 4.79 Å². The summed E-state index contributed by atoms with van der Waals surface area (Å²) >= 11 is 0. The number of likely N-dealkylation sites (N-methyl/N-ethyl adjacent to an activating group) is 1. The van der Waals surface area contributed by atoms with Crippen LogP contribution in [0.1, 0.15) is 18.4 Å². The van der Waals surface area contributed by atoms with Crippen LogP contribution in [0.15, 0.2) is 54.6 Å². The lowest BCUT2D eigenvalue weighted by molar-refractivity contribution is -0.129. The molecule has 0 fully saturated rings. The Balaban J connectivity index is 2.28. The molecule has 0 aromatic heterocycles. The van der Waals surface area contributed by atoms with Crippen LogP contribution in [0.4, 0.5) is 5.69 Å². The van der Waals surface area contributed by atoms with E-state index in [-0.39, 0.29) is 17.9 Å². The first kappa shape index (κ1) is 19.3. The molecule has 0 aliphatic rings. The van der Waals surface area contributed by atoms with Crippen LogP contribution >= 0.6 is 0 Å². The third kappa shape index (κ3) is 4.95. The van der Waals surface area contributed by atoms with Crippen molar-refractivity contribution in [1.82, 2.24) is 4.90 Å². The topological polar surface area (TPSA) is 32.3 Å². The van der Waals surface area contributed by atoms with Crippen molar-refractivity contribution in [2.45, 2.75) is 38.5 Å². The molecule has 25 heavy (non-hydrogen) atoms. The van der Waals surface area contributed by atoms with E-state index in [9.17, 15) is 4.79 Å². The average Bonchev–Trinajstić information content (AvgIpc) is 2.58. The van der Waals surface area contributed by atoms with Gasteiger partial charge in [0.05, 0.1) is 8.07 Å². The van der Waals surface area contributed by atoms with Gasteiger partial charge < -0.3 is 10.2 Å². The number of benzene rings is 2. The van der Waals surface area contributed by atoms with Crippen molar-refractivity contribution in [2.75, 3.05) is 19.4 Å². The summed E-state index contributed by atoms with van der Waals surface area (Å²) in [4.78, 5) is 14.4. The molecule has 0 saturated carbocycles. The van der Waals surface area contributed by atoms with Gasteiger partial charge in [0.2, 0.25) is 5.91 Å². The summed E-state index contributed by atoms with van der Waals surface area (Å²) in [6, 6.07) is 18.5. The molecule has 2 aromatic carbocycles. The van der Waals surface area contributed by atoms with Gasteiger partial charge in [-0.2, -0.15) is 0 Å². The lowest BCUT2D eigenvalue weighted by Gasteiger charge is -2.28. The monoisotopic (exact) mass is 354 g/mol. The van der Waals surface area contributed by atoms with Crippen LogP contribution in [0.5, 0.6) is 0 Å². The number of hydrogen-bond acceptors (Lipinski definition) is 2. The van der Waals surface area contributed by atoms with Gasteiger partial charge in [-0.25, -0.2) is 0 Å². The molecule has 2 aromatic rings. The van der Waals surface area contributed by atoms with Crippen LogP contribution < -0.4 is 10.5 Å². The Kier molecular flexibility index (Phi) is 6.06. The zero-order valence-corrected chi connectivity index (χ0v) is 17.2. The van der Waals surface area contributed by atoms with Gasteiger partial charge in [-0.15, -0.1) is 0 Å². The number of nitrogens with zero attached hydrogens (tertiary/aromatic N) is 1. The molecule has 3 nitrogen and oxygen atoms in total. The number of rotatable bonds is 6. The Morgan fingerprint density at radius 2 is 1.52 bits per heavy atom. The molecule has 0 radical (unpaired) electrons. The van der Waals surface area contributed by atoms with Gasteiger partial charge >= 0.3 is 0 Å². The lowest BCUT2D eigenvalue weighted by Crippen LogP contribution is -2.42. The molecular weight excluding hydrogens is 324 g/mol. The maximum Gasteiger partial charge on any atom is 0.245 e. The number of nitrogens with one attached hydrogen (secondary N) is 1. The van der Waals surface area contributed by atoms with Crippen molar-refractivity contribution >= 4 is 24.9 Å². The van der Waals surface area contributed by atoms with E-state index in [2.05, 4.69) is 56.1 Å². The molecule has 0 unspecified atom stereocenters. The highest BCUT2D eigenvalue weighted by Crippen LogP contribution is 2.23. The number of carbonyl (C=O) groups excluding carboxylic acids is 1. The standard InChI is InChI=1S/C21H30N2OSi/c1-16(17-12-14-19(15-13-17)25(4,5)6)20(21(24)23(2)3)22-18-10-8-7-9-11-18/h7-16,20,22H,1-6H3/t16-,20-/m0/s1. The zero-order valence-electron chi connectivity index (χ0n) is 16.2. The first-order valence-electron chi connectivity index (χ1n) is 8.83. The van der Waals surface area contributed by atoms with Crippen LogP contribution in [-0.4, -0.2) is 39.0 Å². The van der Waals surface area contributed by atoms with E-state index in [0.717, 1.165) is 5.69 Å². The van der Waals surface area contributed by atoms with Crippen LogP contribution in [0.25, 0.3) is 0 Å². The van der Waals surface area contributed by atoms with Gasteiger partial charge in [0.1, 0.15) is 6.04 Å². The number of anilines is 1. The number of amides is 1. The first-order valence-corrected chi connectivity index (χ1v) is 12.3. The number of carbonyl (C=O) groups is 1. The zero-order chi connectivity index (χ0) is 18.6. The Labute approximate surface area is 153 Å². The van der Waals surface area contributed by atoms with Crippen molar-refractivity contribution < 1.29 is 4.79 Å². The van der Waals surface area contributed by atoms with Gasteiger partial charge in [0.25, 0.3) is 0 Å². The SMILES string of the molecule is C[C@@H](c1ccc([Si](C)(C)C)cc1)[C@H](Nc1ccccc1)C(=O)N(C)C. The summed E-state index contributed by atoms with van der Waals surface area (Å²) in [5.74, 6) is 0.163. The molecule has 4 heteroatoms. The van der Waals surface area contributed by atoms with E-state index in [4.69, 9.17) is 0 Å². The largest absolute Gasteiger partial charge is 0.373 e. The number of para-hydroxylation sites is 1. The van der Waals surface area contributed by atoms with Crippen molar-refractivity contribution in [1.29, 1.82) is 0 Å². The summed E-state index contributed by atoms with van der Waals surface area (Å²) in [5.41, 5.74) is 2.15. The second-order valence-electron chi connectivity index (χ2n) is 7.88. The fraction of sp³-hybridized carbons (Fsp3) is 0.381. The van der Waals surface area contributed by atoms with Crippen LogP contribution in [0.2, 0.25) is 19.6 Å². The lowest BCUT2D eigenvalue weighted by atomic mass is 9.92. The predicted octanol–water partition coefficient (Wildman–Crippen LogP) is 3.90. The van der Waals surface area contributed by atoms with Gasteiger partial charge in [0.15, 0.2) is 0 Å². The van der Waals surface area contributed by atoms with Gasteiger partial charge in [-0.1, -0.05) is 74.2 Å². The van der Waals surface area contributed by atoms with E-state index in [1.165, 1.54) is 10.8 Å². The minimum atomic E-state index is -1.31. The Morgan fingerprint density at radius 3 is 2.00 bits per heavy atom. The van der Waals surface area contributed by atoms with Crippen molar-refractivity contribution in [3.8, 4) is 0 Å². The molecule has 0 aliphatic heterocycles. The minimum Gasteiger partial charge on any atom is -0.373 e. The van der Waals surface area contributed by atoms with Gasteiger partial charge in [0, 0.05) is 25.7 Å². The summed E-state index contributed by atoms with van der Waals surface area (Å²) in [7, 11) is 2.31. The summed E-state index contributed by atoms with van der Waals surface area (Å²) in [6.07, 6.45) is 0. The average molecular weight is 355 g/mol. The van der Waals surface area contributed by atoms with Crippen molar-refractivity contribution in [2.24, 2.45) is 0 Å². The Hall–Kier alpha value is -2.07. The van der Waals surface area contributed by atoms with Crippen LogP contribution in [0.3, 0.4) is 0 Å². The Bertz CT molecular complexity index is 690. The van der Waals surface area contributed by atoms with Crippen molar-refractivity contribution in [3.05, 3.63) is 60.2 Å². The summed E-state index contributed by atoms with van der Waals surface area (Å²) in [6.45, 7) is 9.16. The maximum atomic E-state index is 12.8. The molecule has 0 aliphatic carbocycles. The fourth-order valence-corrected chi connectivity index (χ4v) is 4.04. The van der Waals surface area contributed by atoms with Gasteiger partial charge in [-0.3, -0.25) is 4.79 Å². The molecule has 0 heterocycles. The minimum absolute atomic E-state index is 0.0748. The molecule has 1 amide bonds. The third-order valence-corrected chi connectivity index (χ3v) is 6.67. The van der Waals surface area contributed by atoms with E-state index in [0.29, 0.717) is 0 Å². The highest BCUT2D eigenvalue weighted by atomic mass is 28.3. The number of hydrogen-bond donors (Lipinski definition) is 1. The molecule has 0 bridgehead atoms. The highest BCUT2D eigenvalue weighted by Gasteiger charge is 2.28. The second-order valence-corrected chi connectivity index (χ2v) is 13.0. The predicted molar refractivity (Wildman–Crippen MR) is 110 cm³/mol. The smallest absolute Gasteiger partial charge is 0.245 e. The molecular formula is C21H30N2OSi. The third-order valence-electron chi connectivity index (χ3n) is 4.61. The summed E-state index contributed by atoms with van der Waals surface area (Å²) in [5, 5.41) is 4.86. The normalized spacial score (nSPS) is 13.8. The molecule has 2 rings (SSSR count). The fourth-order valence-electron chi connectivity index (χ4n) is 2.87. The summed E-state index contributed by atoms with van der Waals surface area (Å²) < 4.78 is 0. The highest BCUT2D eigenvalue weighted by molar-refractivity contribution is 6.88. The molecule has 0 saturated heterocycles. The Morgan fingerprint density at radius 1 is 0.960 bits per heavy atom. The first-order chi connectivity index (χ1) is 11.7. The van der Waals surface area contributed by atoms with E-state index >= 15 is 0 Å². The van der Waals surface area contributed by atoms with E-state index < -0.39 is 8.07 Å². The molecule has 1 N–H and O–H groups in total. The van der Waals surface area contributed by atoms with Gasteiger partial charge in [-0.05, 0) is 17.7 Å². The molecule has 0 spiro atoms. The van der Waals surface area contributed by atoms with E-state index in [1.54, 1.807) is 4.90 Å². The van der Waals surface area contributed by atoms with Crippen LogP contribution in [0, 0.1) is 0 Å².